The van der Waals surface area contributed by atoms with Gasteiger partial charge in [0.25, 0.3) is 0 Å². The minimum atomic E-state index is -0.231. The maximum atomic E-state index is 13.3. The summed E-state index contributed by atoms with van der Waals surface area (Å²) >= 11 is 1.42. The van der Waals surface area contributed by atoms with Gasteiger partial charge in [-0.25, -0.2) is 4.39 Å². The van der Waals surface area contributed by atoms with Gasteiger partial charge in [0, 0.05) is 18.1 Å². The molecule has 0 N–H and O–H groups in total. The van der Waals surface area contributed by atoms with E-state index in [0.29, 0.717) is 6.67 Å². The van der Waals surface area contributed by atoms with Crippen LogP contribution in [0.4, 0.5) is 4.39 Å². The molecule has 0 radical (unpaired) electrons. The minimum absolute atomic E-state index is 0.231. The number of benzene rings is 3. The number of aliphatic imine (C=N–C) groups is 1. The second-order valence-electron chi connectivity index (χ2n) is 7.50. The first kappa shape index (κ1) is 23.6. The summed E-state index contributed by atoms with van der Waals surface area (Å²) in [6, 6.07) is 27.6. The molecule has 0 heterocycles. The van der Waals surface area contributed by atoms with E-state index in [-0.39, 0.29) is 5.82 Å². The number of nitrogens with zero attached hydrogens (tertiary/aromatic N) is 2. The van der Waals surface area contributed by atoms with Crippen molar-refractivity contribution in [1.29, 1.82) is 0 Å². The number of thioether (sulfide) groups is 1. The molecule has 0 aliphatic rings. The molecule has 164 valence electrons. The zero-order valence-electron chi connectivity index (χ0n) is 18.8. The van der Waals surface area contributed by atoms with Gasteiger partial charge in [-0.3, -0.25) is 4.99 Å². The monoisotopic (exact) mass is 444 g/mol. The van der Waals surface area contributed by atoms with Gasteiger partial charge in [-0.1, -0.05) is 85.4 Å². The lowest BCUT2D eigenvalue weighted by atomic mass is 9.89. The Hall–Kier alpha value is -3.11. The Kier molecular flexibility index (Phi) is 8.88. The molecular formula is C28H29FN2S. The van der Waals surface area contributed by atoms with Crippen LogP contribution in [-0.2, 0) is 0 Å². The highest BCUT2D eigenvalue weighted by molar-refractivity contribution is 8.12. The molecule has 0 saturated heterocycles. The molecule has 32 heavy (non-hydrogen) atoms. The maximum absolute atomic E-state index is 13.3. The minimum Gasteiger partial charge on any atom is -0.361 e. The summed E-state index contributed by atoms with van der Waals surface area (Å²) in [5, 5.41) is 0. The van der Waals surface area contributed by atoms with Crippen LogP contribution in [0.25, 0.3) is 11.1 Å². The summed E-state index contributed by atoms with van der Waals surface area (Å²) in [6.07, 6.45) is 3.08. The molecule has 0 saturated carbocycles. The predicted molar refractivity (Wildman–Crippen MR) is 137 cm³/mol. The van der Waals surface area contributed by atoms with Gasteiger partial charge in [0.1, 0.15) is 12.5 Å². The lowest BCUT2D eigenvalue weighted by molar-refractivity contribution is 0.471. The molecular weight excluding hydrogens is 415 g/mol. The van der Waals surface area contributed by atoms with Gasteiger partial charge in [0.2, 0.25) is 0 Å². The van der Waals surface area contributed by atoms with Gasteiger partial charge >= 0.3 is 0 Å². The molecule has 0 aliphatic heterocycles. The van der Waals surface area contributed by atoms with Gasteiger partial charge in [0.05, 0.1) is 5.55 Å². The second kappa shape index (κ2) is 12.1. The third-order valence-corrected chi connectivity index (χ3v) is 5.87. The van der Waals surface area contributed by atoms with Crippen LogP contribution in [0.3, 0.4) is 0 Å². The molecule has 0 atom stereocenters. The van der Waals surface area contributed by atoms with Gasteiger partial charge in [-0.15, -0.1) is 0 Å². The number of rotatable bonds is 9. The molecule has 0 fully saturated rings. The van der Waals surface area contributed by atoms with Crippen LogP contribution in [-0.4, -0.2) is 24.2 Å². The molecule has 0 bridgehead atoms. The summed E-state index contributed by atoms with van der Waals surface area (Å²) in [5.74, 6) is -0.231. The largest absolute Gasteiger partial charge is 0.361 e. The van der Waals surface area contributed by atoms with Crippen molar-refractivity contribution in [2.75, 3.05) is 13.7 Å². The molecule has 3 aromatic carbocycles. The fourth-order valence-corrected chi connectivity index (χ4v) is 4.12. The molecule has 2 nitrogen and oxygen atoms in total. The Balaban J connectivity index is 1.82. The topological polar surface area (TPSA) is 15.6 Å². The fraction of sp³-hybridized carbons (Fsp3) is 0.179. The zero-order chi connectivity index (χ0) is 22.8. The van der Waals surface area contributed by atoms with Gasteiger partial charge in [-0.05, 0) is 59.4 Å². The number of hydrogen-bond donors (Lipinski definition) is 0. The van der Waals surface area contributed by atoms with Crippen molar-refractivity contribution in [3.8, 4) is 0 Å². The zero-order valence-corrected chi connectivity index (χ0v) is 19.6. The Labute approximate surface area is 195 Å². The number of halogens is 1. The molecule has 0 unspecified atom stereocenters. The highest BCUT2D eigenvalue weighted by Crippen LogP contribution is 2.33. The average molecular weight is 445 g/mol. The molecule has 4 heteroatoms. The van der Waals surface area contributed by atoms with Crippen LogP contribution < -0.4 is 0 Å². The lowest BCUT2D eigenvalue weighted by Crippen LogP contribution is -2.12. The number of hydrogen-bond acceptors (Lipinski definition) is 3. The Morgan fingerprint density at radius 2 is 1.59 bits per heavy atom. The molecule has 3 rings (SSSR count). The van der Waals surface area contributed by atoms with E-state index < -0.39 is 0 Å². The SMILES string of the molecule is CCC(=C\N(C)C/N=C/Sc1cccc(F)c1)/C(=C(\C)c1ccccc1)c1ccccc1. The second-order valence-corrected chi connectivity index (χ2v) is 8.42. The van der Waals surface area contributed by atoms with E-state index in [1.807, 2.05) is 25.2 Å². The molecule has 3 aromatic rings. The van der Waals surface area contributed by atoms with Crippen LogP contribution in [0.15, 0.2) is 107 Å². The Morgan fingerprint density at radius 3 is 2.22 bits per heavy atom. The molecule has 0 aliphatic carbocycles. The van der Waals surface area contributed by atoms with Gasteiger partial charge in [-0.2, -0.15) is 0 Å². The maximum Gasteiger partial charge on any atom is 0.124 e. The third kappa shape index (κ3) is 6.69. The highest BCUT2D eigenvalue weighted by Gasteiger charge is 2.12. The van der Waals surface area contributed by atoms with Crippen LogP contribution in [0.1, 0.15) is 31.4 Å². The average Bonchev–Trinajstić information content (AvgIpc) is 2.82. The van der Waals surface area contributed by atoms with Crippen molar-refractivity contribution in [3.63, 3.8) is 0 Å². The Bertz CT molecular complexity index is 1090. The van der Waals surface area contributed by atoms with E-state index in [2.05, 4.69) is 78.5 Å². The van der Waals surface area contributed by atoms with E-state index in [0.717, 1.165) is 11.3 Å². The smallest absolute Gasteiger partial charge is 0.124 e. The first-order valence-corrected chi connectivity index (χ1v) is 11.6. The van der Waals surface area contributed by atoms with E-state index >= 15 is 0 Å². The van der Waals surface area contributed by atoms with E-state index in [9.17, 15) is 4.39 Å². The van der Waals surface area contributed by atoms with Crippen molar-refractivity contribution >= 4 is 28.5 Å². The van der Waals surface area contributed by atoms with Crippen molar-refractivity contribution in [3.05, 3.63) is 114 Å². The predicted octanol–water partition coefficient (Wildman–Crippen LogP) is 7.76. The van der Waals surface area contributed by atoms with Gasteiger partial charge < -0.3 is 4.90 Å². The van der Waals surface area contributed by atoms with Crippen molar-refractivity contribution in [1.82, 2.24) is 4.90 Å². The quantitative estimate of drug-likeness (QED) is 0.110. The molecule has 0 spiro atoms. The summed E-state index contributed by atoms with van der Waals surface area (Å²) in [7, 11) is 2.03. The third-order valence-electron chi connectivity index (χ3n) is 5.09. The van der Waals surface area contributed by atoms with E-state index in [4.69, 9.17) is 0 Å². The van der Waals surface area contributed by atoms with E-state index in [1.165, 1.54) is 51.7 Å². The van der Waals surface area contributed by atoms with Crippen LogP contribution in [0.2, 0.25) is 0 Å². The van der Waals surface area contributed by atoms with Crippen molar-refractivity contribution in [2.45, 2.75) is 25.2 Å². The summed E-state index contributed by atoms with van der Waals surface area (Å²) in [5.41, 5.74) is 7.97. The number of allylic oxidation sites excluding steroid dienone is 3. The highest BCUT2D eigenvalue weighted by atomic mass is 32.2. The van der Waals surface area contributed by atoms with Crippen LogP contribution in [0.5, 0.6) is 0 Å². The van der Waals surface area contributed by atoms with Crippen LogP contribution in [0, 0.1) is 5.82 Å². The summed E-state index contributed by atoms with van der Waals surface area (Å²) < 4.78 is 13.3. The van der Waals surface area contributed by atoms with Crippen molar-refractivity contribution < 1.29 is 4.39 Å². The first-order chi connectivity index (χ1) is 15.6. The summed E-state index contributed by atoms with van der Waals surface area (Å²) in [4.78, 5) is 7.43. The first-order valence-electron chi connectivity index (χ1n) is 10.7. The van der Waals surface area contributed by atoms with Crippen LogP contribution >= 0.6 is 11.8 Å². The Morgan fingerprint density at radius 1 is 0.938 bits per heavy atom. The molecule has 0 aromatic heterocycles. The van der Waals surface area contributed by atoms with Gasteiger partial charge in [0.15, 0.2) is 0 Å². The van der Waals surface area contributed by atoms with E-state index in [1.54, 1.807) is 11.6 Å². The fourth-order valence-electron chi connectivity index (χ4n) is 3.52. The molecule has 0 amide bonds. The lowest BCUT2D eigenvalue weighted by Gasteiger charge is -2.19. The summed E-state index contributed by atoms with van der Waals surface area (Å²) in [6.45, 7) is 4.90. The van der Waals surface area contributed by atoms with Crippen molar-refractivity contribution in [2.24, 2.45) is 4.99 Å². The normalized spacial score (nSPS) is 12.7. The standard InChI is InChI=1S/C28H29FN2S/c1-4-23(19-31(3)20-30-21-32-27-17-11-16-26(29)18-27)28(25-14-9-6-10-15-25)22(2)24-12-7-5-8-13-24/h5-19,21H,4,20H2,1-3H3/b23-19+,28-22-,30-21+.